The zero-order chi connectivity index (χ0) is 23.5. The minimum absolute atomic E-state index is 0.0345. The summed E-state index contributed by atoms with van der Waals surface area (Å²) in [6.45, 7) is 11.4. The van der Waals surface area contributed by atoms with Crippen LogP contribution in [0, 0.1) is 5.92 Å². The third kappa shape index (κ3) is 9.25. The van der Waals surface area contributed by atoms with Crippen molar-refractivity contribution in [2.75, 3.05) is 19.8 Å². The van der Waals surface area contributed by atoms with E-state index in [9.17, 15) is 0 Å². The number of allylic oxidation sites excluding steroid dienone is 1. The van der Waals surface area contributed by atoms with Gasteiger partial charge in [0.15, 0.2) is 12.6 Å². The molecule has 0 aromatic rings. The summed E-state index contributed by atoms with van der Waals surface area (Å²) in [6, 6.07) is 0. The van der Waals surface area contributed by atoms with Crippen LogP contribution in [-0.4, -0.2) is 50.2 Å². The van der Waals surface area contributed by atoms with Crippen LogP contribution in [0.15, 0.2) is 11.6 Å². The highest BCUT2D eigenvalue weighted by atomic mass is 16.7. The van der Waals surface area contributed by atoms with E-state index in [-0.39, 0.29) is 30.4 Å². The molecule has 0 amide bonds. The first-order valence-corrected chi connectivity index (χ1v) is 13.8. The molecule has 0 spiro atoms. The van der Waals surface area contributed by atoms with E-state index in [4.69, 9.17) is 23.7 Å². The van der Waals surface area contributed by atoms with Gasteiger partial charge in [-0.3, -0.25) is 0 Å². The second-order valence-electron chi connectivity index (χ2n) is 10.9. The van der Waals surface area contributed by atoms with Crippen LogP contribution in [0.5, 0.6) is 0 Å². The number of rotatable bonds is 11. The number of hydrogen-bond acceptors (Lipinski definition) is 5. The van der Waals surface area contributed by atoms with Crippen molar-refractivity contribution in [3.63, 3.8) is 0 Å². The monoisotopic (exact) mass is 466 g/mol. The maximum Gasteiger partial charge on any atom is 0.158 e. The summed E-state index contributed by atoms with van der Waals surface area (Å²) in [4.78, 5) is 0. The molecule has 5 nitrogen and oxygen atoms in total. The summed E-state index contributed by atoms with van der Waals surface area (Å²) in [7, 11) is 0. The molecule has 0 saturated carbocycles. The molecule has 0 aromatic carbocycles. The Bertz CT molecular complexity index is 563. The number of hydrogen-bond donors (Lipinski definition) is 0. The maximum atomic E-state index is 6.50. The predicted molar refractivity (Wildman–Crippen MR) is 132 cm³/mol. The van der Waals surface area contributed by atoms with Crippen molar-refractivity contribution in [2.24, 2.45) is 5.92 Å². The van der Waals surface area contributed by atoms with Gasteiger partial charge in [-0.1, -0.05) is 25.0 Å². The van der Waals surface area contributed by atoms with Crippen molar-refractivity contribution in [1.82, 2.24) is 0 Å². The molecule has 3 aliphatic heterocycles. The summed E-state index contributed by atoms with van der Waals surface area (Å²) in [5.41, 5.74) is 1.12. The van der Waals surface area contributed by atoms with Gasteiger partial charge in [-0.2, -0.15) is 0 Å². The van der Waals surface area contributed by atoms with Crippen molar-refractivity contribution < 1.29 is 23.7 Å². The zero-order valence-electron chi connectivity index (χ0n) is 21.8. The Hall–Kier alpha value is -0.460. The van der Waals surface area contributed by atoms with Crippen LogP contribution in [0.25, 0.3) is 0 Å². The average Bonchev–Trinajstić information content (AvgIpc) is 2.99. The van der Waals surface area contributed by atoms with Gasteiger partial charge >= 0.3 is 0 Å². The largest absolute Gasteiger partial charge is 0.373 e. The number of ether oxygens (including phenoxy) is 5. The second-order valence-corrected chi connectivity index (χ2v) is 10.9. The lowest BCUT2D eigenvalue weighted by atomic mass is 9.87. The third-order valence-electron chi connectivity index (χ3n) is 7.62. The Morgan fingerprint density at radius 2 is 1.61 bits per heavy atom. The third-order valence-corrected chi connectivity index (χ3v) is 7.62. The molecular weight excluding hydrogens is 416 g/mol. The zero-order valence-corrected chi connectivity index (χ0v) is 21.8. The highest BCUT2D eigenvalue weighted by Crippen LogP contribution is 2.35. The fraction of sp³-hybridized carbons (Fsp3) is 0.929. The molecule has 0 radical (unpaired) electrons. The van der Waals surface area contributed by atoms with Gasteiger partial charge < -0.3 is 23.7 Å². The van der Waals surface area contributed by atoms with Crippen LogP contribution in [0.2, 0.25) is 0 Å². The minimum Gasteiger partial charge on any atom is -0.373 e. The first-order chi connectivity index (χ1) is 16.0. The SMILES string of the molecule is CC(C)=CCC(OC1CCCCO1)C(C)CCCC1(C)OCCCCC1OC1CCCCO1. The van der Waals surface area contributed by atoms with Crippen molar-refractivity contribution in [1.29, 1.82) is 0 Å². The molecule has 3 fully saturated rings. The van der Waals surface area contributed by atoms with Gasteiger partial charge in [0.1, 0.15) is 0 Å². The topological polar surface area (TPSA) is 46.2 Å². The van der Waals surface area contributed by atoms with Crippen LogP contribution < -0.4 is 0 Å². The molecule has 0 N–H and O–H groups in total. The van der Waals surface area contributed by atoms with Crippen LogP contribution in [0.1, 0.15) is 111 Å². The lowest BCUT2D eigenvalue weighted by Crippen LogP contribution is -2.45. The molecule has 6 unspecified atom stereocenters. The van der Waals surface area contributed by atoms with E-state index in [0.29, 0.717) is 5.92 Å². The normalized spacial score (nSPS) is 33.2. The lowest BCUT2D eigenvalue weighted by Gasteiger charge is -2.39. The Balaban J connectivity index is 1.53. The van der Waals surface area contributed by atoms with Crippen molar-refractivity contribution in [2.45, 2.75) is 142 Å². The summed E-state index contributed by atoms with van der Waals surface area (Å²) in [5.74, 6) is 0.474. The molecule has 0 aromatic heterocycles. The van der Waals surface area contributed by atoms with Gasteiger partial charge in [0.2, 0.25) is 0 Å². The minimum atomic E-state index is -0.236. The molecule has 0 aliphatic carbocycles. The van der Waals surface area contributed by atoms with Crippen molar-refractivity contribution in [3.8, 4) is 0 Å². The summed E-state index contributed by atoms with van der Waals surface area (Å²) < 4.78 is 31.2. The van der Waals surface area contributed by atoms with E-state index in [1.54, 1.807) is 0 Å². The fourth-order valence-electron chi connectivity index (χ4n) is 5.33. The lowest BCUT2D eigenvalue weighted by molar-refractivity contribution is -0.233. The van der Waals surface area contributed by atoms with Crippen molar-refractivity contribution in [3.05, 3.63) is 11.6 Å². The van der Waals surface area contributed by atoms with E-state index in [2.05, 4.69) is 33.8 Å². The summed E-state index contributed by atoms with van der Waals surface area (Å²) in [5, 5.41) is 0. The molecule has 5 heteroatoms. The quantitative estimate of drug-likeness (QED) is 0.309. The van der Waals surface area contributed by atoms with Gasteiger partial charge in [-0.05, 0) is 104 Å². The fourth-order valence-corrected chi connectivity index (χ4v) is 5.33. The predicted octanol–water partition coefficient (Wildman–Crippen LogP) is 6.93. The highest BCUT2D eigenvalue weighted by molar-refractivity contribution is 4.95. The molecule has 6 atom stereocenters. The van der Waals surface area contributed by atoms with E-state index >= 15 is 0 Å². The van der Waals surface area contributed by atoms with E-state index in [1.165, 1.54) is 24.8 Å². The smallest absolute Gasteiger partial charge is 0.158 e. The molecule has 33 heavy (non-hydrogen) atoms. The molecule has 3 heterocycles. The Labute approximate surface area is 202 Å². The molecule has 0 bridgehead atoms. The Kier molecular flexibility index (Phi) is 11.7. The molecular formula is C28H50O5. The van der Waals surface area contributed by atoms with Crippen LogP contribution in [0.4, 0.5) is 0 Å². The van der Waals surface area contributed by atoms with Gasteiger partial charge in [-0.25, -0.2) is 0 Å². The van der Waals surface area contributed by atoms with Gasteiger partial charge in [0.25, 0.3) is 0 Å². The highest BCUT2D eigenvalue weighted by Gasteiger charge is 2.39. The van der Waals surface area contributed by atoms with Crippen LogP contribution in [-0.2, 0) is 23.7 Å². The molecule has 3 aliphatic rings. The van der Waals surface area contributed by atoms with Gasteiger partial charge in [-0.15, -0.1) is 0 Å². The molecule has 3 saturated heterocycles. The first-order valence-electron chi connectivity index (χ1n) is 13.8. The van der Waals surface area contributed by atoms with Crippen molar-refractivity contribution >= 4 is 0 Å². The van der Waals surface area contributed by atoms with E-state index in [0.717, 1.165) is 84.0 Å². The molecule has 192 valence electrons. The Morgan fingerprint density at radius 3 is 2.27 bits per heavy atom. The van der Waals surface area contributed by atoms with Crippen LogP contribution in [0.3, 0.4) is 0 Å². The van der Waals surface area contributed by atoms with E-state index < -0.39 is 0 Å². The maximum absolute atomic E-state index is 6.50. The van der Waals surface area contributed by atoms with Gasteiger partial charge in [0.05, 0.1) is 17.8 Å². The summed E-state index contributed by atoms with van der Waals surface area (Å²) in [6.07, 6.45) is 16.9. The average molecular weight is 467 g/mol. The second kappa shape index (κ2) is 14.2. The van der Waals surface area contributed by atoms with E-state index in [1.807, 2.05) is 0 Å². The first kappa shape index (κ1) is 27.1. The van der Waals surface area contributed by atoms with Gasteiger partial charge in [0, 0.05) is 19.8 Å². The molecule has 3 rings (SSSR count). The Morgan fingerprint density at radius 1 is 0.939 bits per heavy atom. The standard InChI is InChI=1S/C28H50O5/c1-22(2)16-17-24(32-26-14-6-8-19-29-26)23(3)12-11-18-28(4)25(13-5-10-21-31-28)33-27-15-7-9-20-30-27/h16,23-27H,5-15,17-21H2,1-4H3. The van der Waals surface area contributed by atoms with Crippen LogP contribution >= 0.6 is 0 Å². The summed E-state index contributed by atoms with van der Waals surface area (Å²) >= 11 is 0.